The van der Waals surface area contributed by atoms with Crippen molar-refractivity contribution in [2.24, 2.45) is 11.8 Å². The summed E-state index contributed by atoms with van der Waals surface area (Å²) < 4.78 is 0. The largest absolute Gasteiger partial charge is 0.317 e. The maximum Gasteiger partial charge on any atom is 0.00949 e. The van der Waals surface area contributed by atoms with Gasteiger partial charge in [0, 0.05) is 6.04 Å². The van der Waals surface area contributed by atoms with Crippen LogP contribution in [0, 0.1) is 11.8 Å². The molecule has 1 heteroatoms. The van der Waals surface area contributed by atoms with Gasteiger partial charge in [-0.2, -0.15) is 0 Å². The van der Waals surface area contributed by atoms with E-state index in [1.807, 2.05) is 0 Å². The molecule has 64 valence electrons. The van der Waals surface area contributed by atoms with E-state index < -0.39 is 0 Å². The van der Waals surface area contributed by atoms with Crippen molar-refractivity contribution in [2.45, 2.75) is 44.6 Å². The number of hydrogen-bond acceptors (Lipinski definition) is 1. The maximum atomic E-state index is 3.48. The van der Waals surface area contributed by atoms with Gasteiger partial charge in [-0.15, -0.1) is 0 Å². The van der Waals surface area contributed by atoms with Gasteiger partial charge in [-0.1, -0.05) is 19.3 Å². The second kappa shape index (κ2) is 3.14. The maximum absolute atomic E-state index is 3.48. The molecule has 1 nitrogen and oxygen atoms in total. The fourth-order valence-corrected chi connectivity index (χ4v) is 2.10. The number of rotatable bonds is 4. The van der Waals surface area contributed by atoms with Gasteiger partial charge in [0.1, 0.15) is 0 Å². The van der Waals surface area contributed by atoms with Crippen LogP contribution in [0.4, 0.5) is 0 Å². The Morgan fingerprint density at radius 1 is 1.27 bits per heavy atom. The molecule has 0 heterocycles. The Morgan fingerprint density at radius 2 is 2.00 bits per heavy atom. The van der Waals surface area contributed by atoms with Crippen LogP contribution in [0.15, 0.2) is 0 Å². The van der Waals surface area contributed by atoms with Gasteiger partial charge in [0.2, 0.25) is 0 Å². The van der Waals surface area contributed by atoms with Crippen LogP contribution in [0.1, 0.15) is 38.5 Å². The standard InChI is InChI=1S/C10H19N/c1-11-10(7-8-5-6-8)9-3-2-4-9/h8-11H,2-7H2,1H3. The molecule has 2 saturated carbocycles. The minimum absolute atomic E-state index is 0.858. The van der Waals surface area contributed by atoms with Crippen molar-refractivity contribution in [3.8, 4) is 0 Å². The van der Waals surface area contributed by atoms with E-state index in [0.717, 1.165) is 17.9 Å². The molecule has 0 aromatic rings. The van der Waals surface area contributed by atoms with E-state index >= 15 is 0 Å². The predicted octanol–water partition coefficient (Wildman–Crippen LogP) is 2.17. The fourth-order valence-electron chi connectivity index (χ4n) is 2.10. The summed E-state index contributed by atoms with van der Waals surface area (Å²) in [6, 6.07) is 0.858. The molecule has 0 aromatic carbocycles. The Bertz CT molecular complexity index is 125. The van der Waals surface area contributed by atoms with Gasteiger partial charge in [-0.05, 0) is 38.1 Å². The molecule has 0 amide bonds. The predicted molar refractivity (Wildman–Crippen MR) is 47.5 cm³/mol. The Kier molecular flexibility index (Phi) is 2.17. The van der Waals surface area contributed by atoms with E-state index in [4.69, 9.17) is 0 Å². The highest BCUT2D eigenvalue weighted by Gasteiger charge is 2.31. The molecule has 1 unspecified atom stereocenters. The van der Waals surface area contributed by atoms with Crippen LogP contribution >= 0.6 is 0 Å². The summed E-state index contributed by atoms with van der Waals surface area (Å²) >= 11 is 0. The Balaban J connectivity index is 1.74. The zero-order chi connectivity index (χ0) is 7.68. The van der Waals surface area contributed by atoms with Gasteiger partial charge >= 0.3 is 0 Å². The van der Waals surface area contributed by atoms with E-state index in [1.54, 1.807) is 0 Å². The van der Waals surface area contributed by atoms with Gasteiger partial charge in [-0.3, -0.25) is 0 Å². The Morgan fingerprint density at radius 3 is 2.36 bits per heavy atom. The molecule has 2 fully saturated rings. The van der Waals surface area contributed by atoms with Crippen LogP contribution in [0.3, 0.4) is 0 Å². The molecule has 1 N–H and O–H groups in total. The molecule has 2 rings (SSSR count). The van der Waals surface area contributed by atoms with Gasteiger partial charge in [0.15, 0.2) is 0 Å². The normalized spacial score (nSPS) is 28.1. The third kappa shape index (κ3) is 1.76. The first kappa shape index (κ1) is 7.60. The van der Waals surface area contributed by atoms with Crippen LogP contribution in [-0.4, -0.2) is 13.1 Å². The van der Waals surface area contributed by atoms with Gasteiger partial charge in [0.25, 0.3) is 0 Å². The van der Waals surface area contributed by atoms with E-state index in [9.17, 15) is 0 Å². The smallest absolute Gasteiger partial charge is 0.00949 e. The van der Waals surface area contributed by atoms with Crippen molar-refractivity contribution in [1.82, 2.24) is 5.32 Å². The zero-order valence-corrected chi connectivity index (χ0v) is 7.47. The lowest BCUT2D eigenvalue weighted by molar-refractivity contribution is 0.222. The summed E-state index contributed by atoms with van der Waals surface area (Å²) in [6.45, 7) is 0. The molecule has 11 heavy (non-hydrogen) atoms. The van der Waals surface area contributed by atoms with Crippen LogP contribution in [-0.2, 0) is 0 Å². The molecule has 0 aliphatic heterocycles. The highest BCUT2D eigenvalue weighted by Crippen LogP contribution is 2.39. The van der Waals surface area contributed by atoms with Crippen LogP contribution in [0.5, 0.6) is 0 Å². The highest BCUT2D eigenvalue weighted by atomic mass is 14.9. The van der Waals surface area contributed by atoms with Crippen molar-refractivity contribution in [3.63, 3.8) is 0 Å². The minimum atomic E-state index is 0.858. The molecule has 0 spiro atoms. The van der Waals surface area contributed by atoms with Crippen molar-refractivity contribution in [3.05, 3.63) is 0 Å². The van der Waals surface area contributed by atoms with Crippen LogP contribution < -0.4 is 5.32 Å². The molecule has 2 aliphatic rings. The van der Waals surface area contributed by atoms with Crippen molar-refractivity contribution >= 4 is 0 Å². The van der Waals surface area contributed by atoms with E-state index in [2.05, 4.69) is 12.4 Å². The first-order valence-electron chi connectivity index (χ1n) is 5.07. The first-order valence-corrected chi connectivity index (χ1v) is 5.07. The summed E-state index contributed by atoms with van der Waals surface area (Å²) in [4.78, 5) is 0. The van der Waals surface area contributed by atoms with Crippen molar-refractivity contribution in [1.29, 1.82) is 0 Å². The lowest BCUT2D eigenvalue weighted by Crippen LogP contribution is -2.37. The Hall–Kier alpha value is -0.0400. The third-order valence-corrected chi connectivity index (χ3v) is 3.37. The molecule has 0 radical (unpaired) electrons. The first-order chi connectivity index (χ1) is 5.40. The highest BCUT2D eigenvalue weighted by molar-refractivity contribution is 4.87. The SMILES string of the molecule is CNC(CC1CC1)C1CCC1. The van der Waals surface area contributed by atoms with Crippen molar-refractivity contribution < 1.29 is 0 Å². The number of hydrogen-bond donors (Lipinski definition) is 1. The molecule has 1 atom stereocenters. The summed E-state index contributed by atoms with van der Waals surface area (Å²) in [5, 5.41) is 3.48. The van der Waals surface area contributed by atoms with E-state index in [0.29, 0.717) is 0 Å². The van der Waals surface area contributed by atoms with Gasteiger partial charge in [-0.25, -0.2) is 0 Å². The molecule has 0 aromatic heterocycles. The number of nitrogens with one attached hydrogen (secondary N) is 1. The molecule has 0 bridgehead atoms. The molecule has 2 aliphatic carbocycles. The fraction of sp³-hybridized carbons (Fsp3) is 1.00. The Labute approximate surface area is 69.6 Å². The lowest BCUT2D eigenvalue weighted by atomic mass is 9.78. The van der Waals surface area contributed by atoms with Crippen LogP contribution in [0.2, 0.25) is 0 Å². The monoisotopic (exact) mass is 153 g/mol. The second-order valence-corrected chi connectivity index (χ2v) is 4.27. The minimum Gasteiger partial charge on any atom is -0.317 e. The average molecular weight is 153 g/mol. The van der Waals surface area contributed by atoms with E-state index in [1.165, 1.54) is 38.5 Å². The van der Waals surface area contributed by atoms with E-state index in [-0.39, 0.29) is 0 Å². The summed E-state index contributed by atoms with van der Waals surface area (Å²) in [6.07, 6.45) is 8.92. The summed E-state index contributed by atoms with van der Waals surface area (Å²) in [7, 11) is 2.13. The van der Waals surface area contributed by atoms with Gasteiger partial charge in [0.05, 0.1) is 0 Å². The van der Waals surface area contributed by atoms with Gasteiger partial charge < -0.3 is 5.32 Å². The topological polar surface area (TPSA) is 12.0 Å². The molecular formula is C10H19N. The third-order valence-electron chi connectivity index (χ3n) is 3.37. The quantitative estimate of drug-likeness (QED) is 0.652. The summed E-state index contributed by atoms with van der Waals surface area (Å²) in [5.74, 6) is 2.12. The van der Waals surface area contributed by atoms with Crippen LogP contribution in [0.25, 0.3) is 0 Å². The molecular weight excluding hydrogens is 134 g/mol. The zero-order valence-electron chi connectivity index (χ0n) is 7.47. The van der Waals surface area contributed by atoms with Crippen molar-refractivity contribution in [2.75, 3.05) is 7.05 Å². The average Bonchev–Trinajstić information content (AvgIpc) is 2.66. The second-order valence-electron chi connectivity index (χ2n) is 4.27. The molecule has 0 saturated heterocycles. The lowest BCUT2D eigenvalue weighted by Gasteiger charge is -2.33. The summed E-state index contributed by atoms with van der Waals surface area (Å²) in [5.41, 5.74) is 0.